The largest absolute Gasteiger partial charge is 0.507 e. The summed E-state index contributed by atoms with van der Waals surface area (Å²) in [6.45, 7) is 3.90. The molecule has 0 amide bonds. The van der Waals surface area contributed by atoms with Crippen LogP contribution in [-0.2, 0) is 0 Å². The lowest BCUT2D eigenvalue weighted by molar-refractivity contribution is 0.234. The highest BCUT2D eigenvalue weighted by Gasteiger charge is 2.17. The molecule has 0 saturated carbocycles. The summed E-state index contributed by atoms with van der Waals surface area (Å²) in [5.74, 6) is 0.543. The van der Waals surface area contributed by atoms with Gasteiger partial charge in [0.15, 0.2) is 5.13 Å². The number of phenols is 1. The minimum Gasteiger partial charge on any atom is -0.507 e. The maximum atomic E-state index is 13.4. The summed E-state index contributed by atoms with van der Waals surface area (Å²) in [6.07, 6.45) is 4.00. The number of likely N-dealkylation sites (N-methyl/N-ethyl adjacent to an activating group) is 1. The van der Waals surface area contributed by atoms with Crippen molar-refractivity contribution >= 4 is 27.1 Å². The molecule has 0 aliphatic carbocycles. The zero-order chi connectivity index (χ0) is 18.8. The number of hydrogen-bond acceptors (Lipinski definition) is 6. The van der Waals surface area contributed by atoms with Crippen LogP contribution < -0.4 is 16.8 Å². The Morgan fingerprint density at radius 1 is 1.42 bits per heavy atom. The van der Waals surface area contributed by atoms with Gasteiger partial charge in [-0.05, 0) is 63.2 Å². The molecule has 0 radical (unpaired) electrons. The summed E-state index contributed by atoms with van der Waals surface area (Å²) >= 11 is 0.996. The van der Waals surface area contributed by atoms with Crippen LogP contribution in [0.15, 0.2) is 35.7 Å². The molecular weight excluding hydrogens is 351 g/mol. The lowest BCUT2D eigenvalue weighted by Gasteiger charge is -2.30. The summed E-state index contributed by atoms with van der Waals surface area (Å²) in [6, 6.07) is 5.12. The fourth-order valence-corrected chi connectivity index (χ4v) is 4.16. The highest BCUT2D eigenvalue weighted by molar-refractivity contribution is 7.17. The number of piperidine rings is 1. The van der Waals surface area contributed by atoms with Gasteiger partial charge in [-0.15, -0.1) is 11.3 Å². The van der Waals surface area contributed by atoms with Crippen molar-refractivity contribution in [3.05, 3.63) is 46.4 Å². The molecular formula is C19H25FN4OS. The SMILES string of the molecule is CC(/C=C(\N)NC1CCCN(C)C1)=C(/N)c1ccc2sc(F)cc2c1O. The molecule has 3 rings (SSSR count). The molecule has 1 fully saturated rings. The van der Waals surface area contributed by atoms with Gasteiger partial charge in [0.05, 0.1) is 5.82 Å². The monoisotopic (exact) mass is 376 g/mol. The molecule has 6 N–H and O–H groups in total. The first-order valence-corrected chi connectivity index (χ1v) is 9.46. The van der Waals surface area contributed by atoms with E-state index in [-0.39, 0.29) is 10.9 Å². The van der Waals surface area contributed by atoms with Crippen LogP contribution in [0.3, 0.4) is 0 Å². The maximum Gasteiger partial charge on any atom is 0.177 e. The Hall–Kier alpha value is -2.25. The molecule has 1 saturated heterocycles. The highest BCUT2D eigenvalue weighted by Crippen LogP contribution is 2.36. The van der Waals surface area contributed by atoms with Crippen LogP contribution >= 0.6 is 11.3 Å². The van der Waals surface area contributed by atoms with Gasteiger partial charge in [0.25, 0.3) is 0 Å². The Morgan fingerprint density at radius 2 is 2.19 bits per heavy atom. The quantitative estimate of drug-likeness (QED) is 0.617. The number of nitrogens with one attached hydrogen (secondary N) is 1. The minimum absolute atomic E-state index is 0.00617. The van der Waals surface area contributed by atoms with Gasteiger partial charge >= 0.3 is 0 Å². The zero-order valence-corrected chi connectivity index (χ0v) is 15.9. The number of benzene rings is 1. The zero-order valence-electron chi connectivity index (χ0n) is 15.1. The van der Waals surface area contributed by atoms with Crippen molar-refractivity contribution in [3.63, 3.8) is 0 Å². The fraction of sp³-hybridized carbons (Fsp3) is 0.368. The molecule has 5 nitrogen and oxygen atoms in total. The molecule has 1 unspecified atom stereocenters. The van der Waals surface area contributed by atoms with E-state index in [9.17, 15) is 9.50 Å². The van der Waals surface area contributed by atoms with Crippen LogP contribution in [0.2, 0.25) is 0 Å². The first kappa shape index (κ1) is 18.5. The molecule has 1 aromatic heterocycles. The van der Waals surface area contributed by atoms with Crippen molar-refractivity contribution < 1.29 is 9.50 Å². The van der Waals surface area contributed by atoms with E-state index in [2.05, 4.69) is 17.3 Å². The van der Waals surface area contributed by atoms with Crippen LogP contribution in [-0.4, -0.2) is 36.2 Å². The maximum absolute atomic E-state index is 13.4. The van der Waals surface area contributed by atoms with E-state index in [0.29, 0.717) is 33.2 Å². The van der Waals surface area contributed by atoms with Crippen LogP contribution in [0.5, 0.6) is 5.75 Å². The summed E-state index contributed by atoms with van der Waals surface area (Å²) in [4.78, 5) is 2.28. The van der Waals surface area contributed by atoms with Crippen molar-refractivity contribution in [1.82, 2.24) is 10.2 Å². The average molecular weight is 377 g/mol. The van der Waals surface area contributed by atoms with Gasteiger partial charge in [-0.3, -0.25) is 0 Å². The van der Waals surface area contributed by atoms with Crippen molar-refractivity contribution in [2.45, 2.75) is 25.8 Å². The van der Waals surface area contributed by atoms with E-state index in [1.54, 1.807) is 18.2 Å². The lowest BCUT2D eigenvalue weighted by Crippen LogP contribution is -2.44. The number of rotatable bonds is 4. The molecule has 140 valence electrons. The number of thiophene rings is 1. The first-order chi connectivity index (χ1) is 12.3. The van der Waals surface area contributed by atoms with Gasteiger partial charge < -0.3 is 26.8 Å². The molecule has 1 aliphatic rings. The van der Waals surface area contributed by atoms with Crippen LogP contribution in [0.4, 0.5) is 4.39 Å². The van der Waals surface area contributed by atoms with E-state index < -0.39 is 0 Å². The molecule has 7 heteroatoms. The Morgan fingerprint density at radius 3 is 2.92 bits per heavy atom. The number of aromatic hydroxyl groups is 1. The smallest absolute Gasteiger partial charge is 0.177 e. The molecule has 2 aromatic rings. The van der Waals surface area contributed by atoms with Crippen LogP contribution in [0.25, 0.3) is 15.8 Å². The molecule has 1 atom stereocenters. The number of halogens is 1. The first-order valence-electron chi connectivity index (χ1n) is 8.65. The van der Waals surface area contributed by atoms with Gasteiger partial charge in [0, 0.05) is 33.9 Å². The second kappa shape index (κ2) is 7.55. The lowest BCUT2D eigenvalue weighted by atomic mass is 10.0. The van der Waals surface area contributed by atoms with Gasteiger partial charge in [0.1, 0.15) is 5.75 Å². The third-order valence-electron chi connectivity index (χ3n) is 4.72. The standard InChI is InChI=1S/C19H25FN4OS/c1-11(8-17(21)23-12-4-3-7-24(2)10-12)18(22)13-5-6-15-14(19(13)25)9-16(20)26-15/h5-6,8-9,12,23,25H,3-4,7,10,21-22H2,1-2H3/b17-8+,18-11-. The number of hydrogen-bond donors (Lipinski definition) is 4. The van der Waals surface area contributed by atoms with Crippen LogP contribution in [0, 0.1) is 5.13 Å². The number of phenolic OH excluding ortho intramolecular Hbond substituents is 1. The number of nitrogens with two attached hydrogens (primary N) is 2. The van der Waals surface area contributed by atoms with Gasteiger partial charge in [-0.25, -0.2) is 0 Å². The molecule has 0 bridgehead atoms. The van der Waals surface area contributed by atoms with Crippen molar-refractivity contribution in [3.8, 4) is 5.75 Å². The van der Waals surface area contributed by atoms with E-state index in [1.165, 1.54) is 6.07 Å². The van der Waals surface area contributed by atoms with Crippen LogP contribution in [0.1, 0.15) is 25.3 Å². The molecule has 1 aliphatic heterocycles. The number of fused-ring (bicyclic) bond motifs is 1. The van der Waals surface area contributed by atoms with Gasteiger partial charge in [-0.2, -0.15) is 4.39 Å². The molecule has 2 heterocycles. The average Bonchev–Trinajstić information content (AvgIpc) is 2.96. The highest BCUT2D eigenvalue weighted by atomic mass is 32.1. The molecule has 26 heavy (non-hydrogen) atoms. The normalized spacial score (nSPS) is 20.3. The number of likely N-dealkylation sites (tertiary alicyclic amines) is 1. The van der Waals surface area contributed by atoms with E-state index in [4.69, 9.17) is 11.5 Å². The second-order valence-electron chi connectivity index (χ2n) is 6.87. The summed E-state index contributed by atoms with van der Waals surface area (Å²) in [5.41, 5.74) is 14.0. The van der Waals surface area contributed by atoms with E-state index in [1.807, 2.05) is 6.92 Å². The fourth-order valence-electron chi connectivity index (χ4n) is 3.37. The van der Waals surface area contributed by atoms with Crippen molar-refractivity contribution in [2.24, 2.45) is 11.5 Å². The second-order valence-corrected chi connectivity index (χ2v) is 7.90. The Bertz CT molecular complexity index is 874. The Balaban J connectivity index is 1.83. The molecule has 0 spiro atoms. The predicted molar refractivity (Wildman–Crippen MR) is 106 cm³/mol. The molecule has 1 aromatic carbocycles. The van der Waals surface area contributed by atoms with Gasteiger partial charge in [0.2, 0.25) is 0 Å². The Labute approximate surface area is 156 Å². The van der Waals surface area contributed by atoms with Gasteiger partial charge in [-0.1, -0.05) is 0 Å². The topological polar surface area (TPSA) is 87.5 Å². The third kappa shape index (κ3) is 3.94. The summed E-state index contributed by atoms with van der Waals surface area (Å²) in [7, 11) is 2.10. The summed E-state index contributed by atoms with van der Waals surface area (Å²) in [5, 5.41) is 13.9. The van der Waals surface area contributed by atoms with E-state index >= 15 is 0 Å². The van der Waals surface area contributed by atoms with E-state index in [0.717, 1.165) is 42.8 Å². The number of allylic oxidation sites excluding steroid dienone is 2. The van der Waals surface area contributed by atoms with Crippen molar-refractivity contribution in [1.29, 1.82) is 0 Å². The minimum atomic E-state index is -0.336. The van der Waals surface area contributed by atoms with Crippen molar-refractivity contribution in [2.75, 3.05) is 20.1 Å². The number of nitrogens with zero attached hydrogens (tertiary/aromatic N) is 1. The predicted octanol–water partition coefficient (Wildman–Crippen LogP) is 2.92. The third-order valence-corrected chi connectivity index (χ3v) is 5.61. The summed E-state index contributed by atoms with van der Waals surface area (Å²) < 4.78 is 14.1. The Kier molecular flexibility index (Phi) is 5.38.